The number of hydrogen-bond donors (Lipinski definition) is 1. The van der Waals surface area contributed by atoms with Gasteiger partial charge in [0.1, 0.15) is 0 Å². The lowest BCUT2D eigenvalue weighted by molar-refractivity contribution is -0.117. The van der Waals surface area contributed by atoms with Gasteiger partial charge in [0, 0.05) is 31.3 Å². The number of carbonyl (C=O) groups is 2. The minimum atomic E-state index is -0.0907. The summed E-state index contributed by atoms with van der Waals surface area (Å²) in [4.78, 5) is 26.5. The predicted octanol–water partition coefficient (Wildman–Crippen LogP) is 4.93. The van der Waals surface area contributed by atoms with Crippen molar-refractivity contribution in [2.75, 3.05) is 16.8 Å². The SMILES string of the molecule is CCc1ccccc1NC(=O)CCN(C(C)=O)c1ccccc1C(C)(C)C. The molecule has 0 bridgehead atoms. The first-order valence-corrected chi connectivity index (χ1v) is 9.49. The summed E-state index contributed by atoms with van der Waals surface area (Å²) in [5.74, 6) is -0.149. The normalized spacial score (nSPS) is 11.1. The smallest absolute Gasteiger partial charge is 0.226 e. The highest BCUT2D eigenvalue weighted by molar-refractivity contribution is 5.95. The molecule has 0 aromatic heterocycles. The summed E-state index contributed by atoms with van der Waals surface area (Å²) in [5.41, 5.74) is 3.82. The van der Waals surface area contributed by atoms with Gasteiger partial charge in [-0.1, -0.05) is 64.1 Å². The van der Waals surface area contributed by atoms with Gasteiger partial charge in [-0.05, 0) is 35.1 Å². The zero-order valence-electron chi connectivity index (χ0n) is 17.0. The lowest BCUT2D eigenvalue weighted by Gasteiger charge is -2.29. The topological polar surface area (TPSA) is 49.4 Å². The van der Waals surface area contributed by atoms with E-state index in [-0.39, 0.29) is 23.7 Å². The van der Waals surface area contributed by atoms with Gasteiger partial charge in [0.05, 0.1) is 0 Å². The van der Waals surface area contributed by atoms with Gasteiger partial charge in [0.2, 0.25) is 11.8 Å². The van der Waals surface area contributed by atoms with E-state index in [1.54, 1.807) is 11.8 Å². The Morgan fingerprint density at radius 2 is 1.63 bits per heavy atom. The van der Waals surface area contributed by atoms with Crippen molar-refractivity contribution in [3.8, 4) is 0 Å². The van der Waals surface area contributed by atoms with Gasteiger partial charge in [0.25, 0.3) is 0 Å². The minimum absolute atomic E-state index is 0.0616. The molecule has 2 aromatic rings. The van der Waals surface area contributed by atoms with Crippen LogP contribution >= 0.6 is 0 Å². The Hall–Kier alpha value is -2.62. The van der Waals surface area contributed by atoms with Crippen LogP contribution in [0.2, 0.25) is 0 Å². The third-order valence-corrected chi connectivity index (χ3v) is 4.62. The fourth-order valence-corrected chi connectivity index (χ4v) is 3.17. The van der Waals surface area contributed by atoms with E-state index in [9.17, 15) is 9.59 Å². The van der Waals surface area contributed by atoms with Crippen molar-refractivity contribution in [1.82, 2.24) is 0 Å². The maximum atomic E-state index is 12.5. The molecule has 2 rings (SSSR count). The first-order chi connectivity index (χ1) is 12.7. The number of benzene rings is 2. The van der Waals surface area contributed by atoms with Gasteiger partial charge in [-0.15, -0.1) is 0 Å². The molecule has 0 saturated carbocycles. The molecule has 0 unspecified atom stereocenters. The van der Waals surface area contributed by atoms with Gasteiger partial charge in [-0.3, -0.25) is 9.59 Å². The van der Waals surface area contributed by atoms with E-state index in [0.717, 1.165) is 28.9 Å². The number of anilines is 2. The van der Waals surface area contributed by atoms with E-state index < -0.39 is 0 Å². The summed E-state index contributed by atoms with van der Waals surface area (Å²) in [6.45, 7) is 10.3. The average molecular weight is 367 g/mol. The Kier molecular flexibility index (Phi) is 6.78. The summed E-state index contributed by atoms with van der Waals surface area (Å²) < 4.78 is 0. The van der Waals surface area contributed by atoms with Gasteiger partial charge in [0.15, 0.2) is 0 Å². The predicted molar refractivity (Wildman–Crippen MR) is 112 cm³/mol. The van der Waals surface area contributed by atoms with Crippen LogP contribution < -0.4 is 10.2 Å². The zero-order valence-corrected chi connectivity index (χ0v) is 17.0. The monoisotopic (exact) mass is 366 g/mol. The number of nitrogens with zero attached hydrogens (tertiary/aromatic N) is 1. The first kappa shape index (κ1) is 20.7. The van der Waals surface area contributed by atoms with Gasteiger partial charge >= 0.3 is 0 Å². The summed E-state index contributed by atoms with van der Waals surface area (Å²) in [7, 11) is 0. The Bertz CT molecular complexity index is 806. The largest absolute Gasteiger partial charge is 0.326 e. The average Bonchev–Trinajstić information content (AvgIpc) is 2.61. The molecule has 0 aliphatic rings. The molecular formula is C23H30N2O2. The minimum Gasteiger partial charge on any atom is -0.326 e. The quantitative estimate of drug-likeness (QED) is 0.788. The van der Waals surface area contributed by atoms with Crippen molar-refractivity contribution in [3.05, 3.63) is 59.7 Å². The third-order valence-electron chi connectivity index (χ3n) is 4.62. The van der Waals surface area contributed by atoms with E-state index in [0.29, 0.717) is 6.54 Å². The van der Waals surface area contributed by atoms with Crippen LogP contribution in [-0.4, -0.2) is 18.4 Å². The Labute approximate surface area is 162 Å². The Morgan fingerprint density at radius 3 is 2.26 bits per heavy atom. The van der Waals surface area contributed by atoms with Crippen LogP contribution in [0.1, 0.15) is 52.2 Å². The molecule has 0 heterocycles. The first-order valence-electron chi connectivity index (χ1n) is 9.49. The lowest BCUT2D eigenvalue weighted by Crippen LogP contribution is -2.34. The molecule has 4 heteroatoms. The molecule has 4 nitrogen and oxygen atoms in total. The van der Waals surface area contributed by atoms with Gasteiger partial charge in [-0.25, -0.2) is 0 Å². The standard InChI is InChI=1S/C23H30N2O2/c1-6-18-11-7-9-13-20(18)24-22(27)15-16-25(17(2)26)21-14-10-8-12-19(21)23(3,4)5/h7-14H,6,15-16H2,1-5H3,(H,24,27). The molecule has 27 heavy (non-hydrogen) atoms. The van der Waals surface area contributed by atoms with E-state index in [1.807, 2.05) is 48.5 Å². The number of para-hydroxylation sites is 2. The van der Waals surface area contributed by atoms with Crippen LogP contribution in [0.15, 0.2) is 48.5 Å². The Morgan fingerprint density at radius 1 is 1.00 bits per heavy atom. The maximum absolute atomic E-state index is 12.5. The number of carbonyl (C=O) groups excluding carboxylic acids is 2. The molecule has 0 fully saturated rings. The highest BCUT2D eigenvalue weighted by Gasteiger charge is 2.23. The van der Waals surface area contributed by atoms with Crippen LogP contribution in [0.3, 0.4) is 0 Å². The van der Waals surface area contributed by atoms with Crippen LogP contribution in [0.25, 0.3) is 0 Å². The maximum Gasteiger partial charge on any atom is 0.226 e. The van der Waals surface area contributed by atoms with Crippen molar-refractivity contribution in [3.63, 3.8) is 0 Å². The Balaban J connectivity index is 2.14. The van der Waals surface area contributed by atoms with Crippen LogP contribution in [0.5, 0.6) is 0 Å². The molecule has 144 valence electrons. The van der Waals surface area contributed by atoms with E-state index in [4.69, 9.17) is 0 Å². The fraction of sp³-hybridized carbons (Fsp3) is 0.391. The zero-order chi connectivity index (χ0) is 20.0. The van der Waals surface area contributed by atoms with Crippen LogP contribution in [-0.2, 0) is 21.4 Å². The number of aryl methyl sites for hydroxylation is 1. The molecule has 0 radical (unpaired) electrons. The molecule has 2 amide bonds. The second-order valence-electron chi connectivity index (χ2n) is 7.75. The highest BCUT2D eigenvalue weighted by Crippen LogP contribution is 2.32. The second kappa shape index (κ2) is 8.85. The lowest BCUT2D eigenvalue weighted by atomic mass is 9.85. The summed E-state index contributed by atoms with van der Waals surface area (Å²) >= 11 is 0. The van der Waals surface area contributed by atoms with Crippen molar-refractivity contribution >= 4 is 23.2 Å². The van der Waals surface area contributed by atoms with Crippen LogP contribution in [0, 0.1) is 0 Å². The summed E-state index contributed by atoms with van der Waals surface area (Å²) in [5, 5.41) is 2.98. The van der Waals surface area contributed by atoms with E-state index >= 15 is 0 Å². The van der Waals surface area contributed by atoms with Crippen molar-refractivity contribution in [1.29, 1.82) is 0 Å². The molecule has 0 spiro atoms. The number of nitrogens with one attached hydrogen (secondary N) is 1. The van der Waals surface area contributed by atoms with Gasteiger partial charge in [-0.2, -0.15) is 0 Å². The van der Waals surface area contributed by atoms with Crippen molar-refractivity contribution in [2.24, 2.45) is 0 Å². The van der Waals surface area contributed by atoms with Crippen molar-refractivity contribution in [2.45, 2.75) is 52.9 Å². The molecule has 0 saturated heterocycles. The third kappa shape index (κ3) is 5.43. The van der Waals surface area contributed by atoms with Gasteiger partial charge < -0.3 is 10.2 Å². The number of rotatable bonds is 6. The number of amides is 2. The van der Waals surface area contributed by atoms with E-state index in [2.05, 4.69) is 33.0 Å². The highest BCUT2D eigenvalue weighted by atomic mass is 16.2. The van der Waals surface area contributed by atoms with Crippen molar-refractivity contribution < 1.29 is 9.59 Å². The second-order valence-corrected chi connectivity index (χ2v) is 7.75. The fourth-order valence-electron chi connectivity index (χ4n) is 3.17. The molecular weight excluding hydrogens is 336 g/mol. The van der Waals surface area contributed by atoms with E-state index in [1.165, 1.54) is 0 Å². The molecule has 0 aliphatic heterocycles. The molecule has 0 atom stereocenters. The molecule has 1 N–H and O–H groups in total. The summed E-state index contributed by atoms with van der Waals surface area (Å²) in [6, 6.07) is 15.7. The molecule has 0 aliphatic carbocycles. The number of hydrogen-bond acceptors (Lipinski definition) is 2. The van der Waals surface area contributed by atoms with Crippen LogP contribution in [0.4, 0.5) is 11.4 Å². The summed E-state index contributed by atoms with van der Waals surface area (Å²) in [6.07, 6.45) is 1.10. The molecule has 2 aromatic carbocycles.